The van der Waals surface area contributed by atoms with Gasteiger partial charge in [0.25, 0.3) is 0 Å². The molecular weight excluding hydrogens is 464 g/mol. The first kappa shape index (κ1) is 27.7. The van der Waals surface area contributed by atoms with Gasteiger partial charge in [0.2, 0.25) is 0 Å². The van der Waals surface area contributed by atoms with E-state index in [2.05, 4.69) is 36.4 Å². The summed E-state index contributed by atoms with van der Waals surface area (Å²) in [6.07, 6.45) is 10.7. The summed E-state index contributed by atoms with van der Waals surface area (Å²) in [5.41, 5.74) is 3.65. The van der Waals surface area contributed by atoms with E-state index in [0.29, 0.717) is 19.4 Å². The number of aryl methyl sites for hydroxylation is 1. The molecule has 0 fully saturated rings. The summed E-state index contributed by atoms with van der Waals surface area (Å²) < 4.78 is 6.10. The van der Waals surface area contributed by atoms with Crippen LogP contribution < -0.4 is 4.74 Å². The van der Waals surface area contributed by atoms with Crippen molar-refractivity contribution >= 4 is 18.0 Å². The fourth-order valence-corrected chi connectivity index (χ4v) is 4.29. The smallest absolute Gasteiger partial charge is 0.335 e. The quantitative estimate of drug-likeness (QED) is 0.202. The fourth-order valence-electron chi connectivity index (χ4n) is 4.29. The van der Waals surface area contributed by atoms with E-state index in [1.165, 1.54) is 5.56 Å². The van der Waals surface area contributed by atoms with Crippen molar-refractivity contribution < 1.29 is 24.5 Å². The highest BCUT2D eigenvalue weighted by Crippen LogP contribution is 2.24. The number of benzene rings is 3. The predicted octanol–water partition coefficient (Wildman–Crippen LogP) is 7.30. The summed E-state index contributed by atoms with van der Waals surface area (Å²) >= 11 is 0. The predicted molar refractivity (Wildman–Crippen MR) is 147 cm³/mol. The summed E-state index contributed by atoms with van der Waals surface area (Å²) in [4.78, 5) is 22.2. The van der Waals surface area contributed by atoms with Gasteiger partial charge in [-0.3, -0.25) is 4.79 Å². The van der Waals surface area contributed by atoms with E-state index in [4.69, 9.17) is 14.9 Å². The normalized spacial score (nSPS) is 11.9. The summed E-state index contributed by atoms with van der Waals surface area (Å²) in [6.45, 7) is 0.664. The standard InChI is InChI=1S/C32H36O5/c33-31(34)16-9-13-26(24-27-18-21-29(22-19-27)32(35)36)17-20-28-14-6-7-15-30(28)37-23-8-2-5-12-25-10-3-1-4-11-25/h1,3-4,6-7,10-11,14-15,17-22,26H,2,5,8-9,12-13,16,23-24H2,(H,33,34)(H,35,36). The number of carboxylic acids is 2. The van der Waals surface area contributed by atoms with Gasteiger partial charge in [-0.25, -0.2) is 4.79 Å². The molecule has 3 aromatic rings. The lowest BCUT2D eigenvalue weighted by molar-refractivity contribution is -0.137. The van der Waals surface area contributed by atoms with Crippen LogP contribution >= 0.6 is 0 Å². The average Bonchev–Trinajstić information content (AvgIpc) is 2.90. The second kappa shape index (κ2) is 15.3. The first-order chi connectivity index (χ1) is 18.0. The molecule has 0 aliphatic rings. The van der Waals surface area contributed by atoms with E-state index >= 15 is 0 Å². The Kier molecular flexibility index (Phi) is 11.5. The molecule has 3 rings (SSSR count). The van der Waals surface area contributed by atoms with Crippen LogP contribution in [0.3, 0.4) is 0 Å². The summed E-state index contributed by atoms with van der Waals surface area (Å²) in [6, 6.07) is 25.4. The van der Waals surface area contributed by atoms with E-state index < -0.39 is 11.9 Å². The van der Waals surface area contributed by atoms with E-state index in [1.54, 1.807) is 12.1 Å². The zero-order valence-corrected chi connectivity index (χ0v) is 21.2. The number of hydrogen-bond donors (Lipinski definition) is 2. The number of hydrogen-bond acceptors (Lipinski definition) is 3. The molecule has 0 spiro atoms. The molecule has 194 valence electrons. The largest absolute Gasteiger partial charge is 0.493 e. The van der Waals surface area contributed by atoms with E-state index in [-0.39, 0.29) is 17.9 Å². The minimum absolute atomic E-state index is 0.126. The Bertz CT molecular complexity index is 1140. The molecular formula is C32H36O5. The zero-order chi connectivity index (χ0) is 26.3. The van der Waals surface area contributed by atoms with Crippen molar-refractivity contribution in [3.8, 4) is 5.75 Å². The van der Waals surface area contributed by atoms with Crippen molar-refractivity contribution in [2.24, 2.45) is 5.92 Å². The molecule has 0 aliphatic carbocycles. The number of carboxylic acid groups (broad SMARTS) is 2. The van der Waals surface area contributed by atoms with Crippen molar-refractivity contribution in [2.45, 2.75) is 51.4 Å². The van der Waals surface area contributed by atoms with Gasteiger partial charge >= 0.3 is 11.9 Å². The zero-order valence-electron chi connectivity index (χ0n) is 21.2. The van der Waals surface area contributed by atoms with Gasteiger partial charge in [0.05, 0.1) is 12.2 Å². The summed E-state index contributed by atoms with van der Waals surface area (Å²) in [5, 5.41) is 18.2. The van der Waals surface area contributed by atoms with Crippen LogP contribution in [0.1, 0.15) is 65.6 Å². The Morgan fingerprint density at radius 1 is 0.784 bits per heavy atom. The first-order valence-corrected chi connectivity index (χ1v) is 13.0. The van der Waals surface area contributed by atoms with Crippen LogP contribution in [0.2, 0.25) is 0 Å². The minimum Gasteiger partial charge on any atom is -0.493 e. The molecule has 2 N–H and O–H groups in total. The van der Waals surface area contributed by atoms with Crippen molar-refractivity contribution in [3.05, 3.63) is 107 Å². The fraction of sp³-hybridized carbons (Fsp3) is 0.312. The lowest BCUT2D eigenvalue weighted by Gasteiger charge is -2.14. The van der Waals surface area contributed by atoms with E-state index in [1.807, 2.05) is 42.5 Å². The molecule has 3 aromatic carbocycles. The van der Waals surface area contributed by atoms with Crippen LogP contribution in [0.25, 0.3) is 6.08 Å². The van der Waals surface area contributed by atoms with E-state index in [0.717, 1.165) is 49.0 Å². The lowest BCUT2D eigenvalue weighted by atomic mass is 9.92. The Hall–Kier alpha value is -3.86. The summed E-state index contributed by atoms with van der Waals surface area (Å²) in [5.74, 6) is -0.772. The molecule has 0 saturated carbocycles. The number of para-hydroxylation sites is 1. The monoisotopic (exact) mass is 500 g/mol. The molecule has 5 nitrogen and oxygen atoms in total. The number of aliphatic carboxylic acids is 1. The van der Waals surface area contributed by atoms with Crippen molar-refractivity contribution in [2.75, 3.05) is 6.61 Å². The second-order valence-electron chi connectivity index (χ2n) is 9.29. The van der Waals surface area contributed by atoms with Gasteiger partial charge in [0, 0.05) is 12.0 Å². The third-order valence-corrected chi connectivity index (χ3v) is 6.34. The van der Waals surface area contributed by atoms with Gasteiger partial charge < -0.3 is 14.9 Å². The lowest BCUT2D eigenvalue weighted by Crippen LogP contribution is -2.05. The molecule has 5 heteroatoms. The van der Waals surface area contributed by atoms with Crippen LogP contribution in [0.15, 0.2) is 84.9 Å². The number of unbranched alkanes of at least 4 members (excludes halogenated alkanes) is 2. The van der Waals surface area contributed by atoms with Crippen molar-refractivity contribution in [1.82, 2.24) is 0 Å². The minimum atomic E-state index is -0.947. The molecule has 0 bridgehead atoms. The molecule has 0 aliphatic heterocycles. The molecule has 1 unspecified atom stereocenters. The highest BCUT2D eigenvalue weighted by molar-refractivity contribution is 5.87. The maximum absolute atomic E-state index is 11.1. The third kappa shape index (κ3) is 10.3. The number of allylic oxidation sites excluding steroid dienone is 1. The van der Waals surface area contributed by atoms with Gasteiger partial charge in [-0.2, -0.15) is 0 Å². The average molecular weight is 501 g/mol. The molecule has 0 aromatic heterocycles. The molecule has 0 saturated heterocycles. The number of carbonyl (C=O) groups is 2. The highest BCUT2D eigenvalue weighted by Gasteiger charge is 2.10. The number of rotatable bonds is 16. The van der Waals surface area contributed by atoms with Crippen molar-refractivity contribution in [1.29, 1.82) is 0 Å². The van der Waals surface area contributed by atoms with Crippen LogP contribution in [0, 0.1) is 5.92 Å². The van der Waals surface area contributed by atoms with Crippen LogP contribution in [0.4, 0.5) is 0 Å². The van der Waals surface area contributed by atoms with Gasteiger partial charge in [-0.1, -0.05) is 72.8 Å². The van der Waals surface area contributed by atoms with Gasteiger partial charge in [0.15, 0.2) is 0 Å². The number of aromatic carboxylic acids is 1. The maximum atomic E-state index is 11.1. The molecule has 37 heavy (non-hydrogen) atoms. The van der Waals surface area contributed by atoms with Crippen LogP contribution in [-0.4, -0.2) is 28.8 Å². The van der Waals surface area contributed by atoms with Gasteiger partial charge in [0.1, 0.15) is 5.75 Å². The molecule has 0 amide bonds. The maximum Gasteiger partial charge on any atom is 0.335 e. The Labute approximate surface area is 219 Å². The van der Waals surface area contributed by atoms with Crippen molar-refractivity contribution in [3.63, 3.8) is 0 Å². The first-order valence-electron chi connectivity index (χ1n) is 13.0. The van der Waals surface area contributed by atoms with Crippen LogP contribution in [-0.2, 0) is 17.6 Å². The molecule has 0 radical (unpaired) electrons. The SMILES string of the molecule is O=C(O)CCCC(C=Cc1ccccc1OCCCCCc1ccccc1)Cc1ccc(C(=O)O)cc1. The summed E-state index contributed by atoms with van der Waals surface area (Å²) in [7, 11) is 0. The highest BCUT2D eigenvalue weighted by atomic mass is 16.5. The van der Waals surface area contributed by atoms with Crippen LogP contribution in [0.5, 0.6) is 5.75 Å². The topological polar surface area (TPSA) is 83.8 Å². The Balaban J connectivity index is 1.56. The molecule has 1 atom stereocenters. The second-order valence-corrected chi connectivity index (χ2v) is 9.29. The third-order valence-electron chi connectivity index (χ3n) is 6.34. The van der Waals surface area contributed by atoms with E-state index in [9.17, 15) is 9.59 Å². The molecule has 0 heterocycles. The Morgan fingerprint density at radius 3 is 2.24 bits per heavy atom. The Morgan fingerprint density at radius 2 is 1.51 bits per heavy atom. The number of ether oxygens (including phenoxy) is 1. The van der Waals surface area contributed by atoms with Gasteiger partial charge in [-0.05, 0) is 80.2 Å². The van der Waals surface area contributed by atoms with Gasteiger partial charge in [-0.15, -0.1) is 0 Å².